The number of ether oxygens (including phenoxy) is 1. The molecular formula is C23H31N3O2. The number of nitrogens with zero attached hydrogens (tertiary/aromatic N) is 3. The van der Waals surface area contributed by atoms with E-state index in [0.29, 0.717) is 6.04 Å². The molecule has 150 valence electrons. The molecule has 1 aromatic carbocycles. The van der Waals surface area contributed by atoms with E-state index in [9.17, 15) is 0 Å². The molecule has 0 N–H and O–H groups in total. The van der Waals surface area contributed by atoms with Gasteiger partial charge in [-0.1, -0.05) is 29.4 Å². The van der Waals surface area contributed by atoms with Gasteiger partial charge in [0.25, 0.3) is 0 Å². The van der Waals surface area contributed by atoms with Gasteiger partial charge < -0.3 is 9.26 Å². The number of aryl methyl sites for hydroxylation is 2. The molecule has 3 aliphatic heterocycles. The van der Waals surface area contributed by atoms with Crippen LogP contribution in [0.15, 0.2) is 28.8 Å². The third kappa shape index (κ3) is 3.19. The van der Waals surface area contributed by atoms with Crippen molar-refractivity contribution in [1.82, 2.24) is 15.0 Å². The van der Waals surface area contributed by atoms with Gasteiger partial charge in [-0.3, -0.25) is 9.80 Å². The lowest BCUT2D eigenvalue weighted by atomic mass is 9.68. The summed E-state index contributed by atoms with van der Waals surface area (Å²) in [7, 11) is 0. The van der Waals surface area contributed by atoms with Crippen molar-refractivity contribution in [3.05, 3.63) is 52.4 Å². The molecule has 0 saturated carbocycles. The maximum absolute atomic E-state index is 5.71. The highest BCUT2D eigenvalue weighted by Gasteiger charge is 2.43. The summed E-state index contributed by atoms with van der Waals surface area (Å²) >= 11 is 0. The zero-order valence-corrected chi connectivity index (χ0v) is 17.1. The summed E-state index contributed by atoms with van der Waals surface area (Å²) in [6.45, 7) is 11.4. The first kappa shape index (κ1) is 18.3. The van der Waals surface area contributed by atoms with Crippen LogP contribution >= 0.6 is 0 Å². The standard InChI is InChI=1S/C23H31N3O2/c1-17-21(18(2)28-24-17)14-25-10-8-23(9-11-25)16-26(20-7-12-27-15-20)13-19-5-3-4-6-22(19)23/h3-6,20H,7-16H2,1-2H3. The van der Waals surface area contributed by atoms with Crippen LogP contribution in [-0.4, -0.2) is 53.8 Å². The van der Waals surface area contributed by atoms with E-state index in [2.05, 4.69) is 46.1 Å². The first-order valence-corrected chi connectivity index (χ1v) is 10.7. The Morgan fingerprint density at radius 1 is 1.18 bits per heavy atom. The molecule has 5 heteroatoms. The van der Waals surface area contributed by atoms with Crippen LogP contribution in [0.1, 0.15) is 47.4 Å². The van der Waals surface area contributed by atoms with Gasteiger partial charge in [0.1, 0.15) is 5.76 Å². The van der Waals surface area contributed by atoms with Crippen LogP contribution < -0.4 is 0 Å². The van der Waals surface area contributed by atoms with Crippen molar-refractivity contribution in [2.45, 2.75) is 57.7 Å². The predicted octanol–water partition coefficient (Wildman–Crippen LogP) is 3.43. The lowest BCUT2D eigenvalue weighted by Gasteiger charge is -2.50. The Morgan fingerprint density at radius 2 is 2.00 bits per heavy atom. The van der Waals surface area contributed by atoms with Crippen molar-refractivity contribution in [1.29, 1.82) is 0 Å². The van der Waals surface area contributed by atoms with Gasteiger partial charge in [-0.15, -0.1) is 0 Å². The van der Waals surface area contributed by atoms with Crippen molar-refractivity contribution in [2.75, 3.05) is 32.8 Å². The first-order chi connectivity index (χ1) is 13.6. The summed E-state index contributed by atoms with van der Waals surface area (Å²) in [5.74, 6) is 0.966. The molecule has 0 bridgehead atoms. The van der Waals surface area contributed by atoms with Crippen molar-refractivity contribution in [3.8, 4) is 0 Å². The van der Waals surface area contributed by atoms with Crippen molar-refractivity contribution >= 4 is 0 Å². The number of rotatable bonds is 3. The molecule has 28 heavy (non-hydrogen) atoms. The Bertz CT molecular complexity index is 813. The molecule has 1 aromatic heterocycles. The van der Waals surface area contributed by atoms with Crippen molar-refractivity contribution < 1.29 is 9.26 Å². The topological polar surface area (TPSA) is 41.7 Å². The van der Waals surface area contributed by atoms with Crippen LogP contribution in [0.4, 0.5) is 0 Å². The van der Waals surface area contributed by atoms with Gasteiger partial charge in [0.05, 0.1) is 12.3 Å². The van der Waals surface area contributed by atoms with Gasteiger partial charge in [0.15, 0.2) is 0 Å². The molecule has 5 rings (SSSR count). The number of fused-ring (bicyclic) bond motifs is 2. The summed E-state index contributed by atoms with van der Waals surface area (Å²) in [5, 5.41) is 4.13. The van der Waals surface area contributed by atoms with E-state index >= 15 is 0 Å². The van der Waals surface area contributed by atoms with E-state index < -0.39 is 0 Å². The number of benzene rings is 1. The Balaban J connectivity index is 1.35. The molecule has 1 spiro atoms. The highest BCUT2D eigenvalue weighted by atomic mass is 16.5. The third-order valence-corrected chi connectivity index (χ3v) is 7.27. The molecule has 0 amide bonds. The lowest BCUT2D eigenvalue weighted by molar-refractivity contribution is 0.0637. The summed E-state index contributed by atoms with van der Waals surface area (Å²) < 4.78 is 11.1. The van der Waals surface area contributed by atoms with Gasteiger partial charge in [0, 0.05) is 43.3 Å². The fourth-order valence-electron chi connectivity index (χ4n) is 5.51. The molecule has 1 unspecified atom stereocenters. The van der Waals surface area contributed by atoms with Crippen LogP contribution in [-0.2, 0) is 23.2 Å². The maximum atomic E-state index is 5.71. The molecular weight excluding hydrogens is 350 g/mol. The maximum Gasteiger partial charge on any atom is 0.138 e. The summed E-state index contributed by atoms with van der Waals surface area (Å²) in [4.78, 5) is 5.29. The molecule has 0 aliphatic carbocycles. The largest absolute Gasteiger partial charge is 0.380 e. The Morgan fingerprint density at radius 3 is 2.71 bits per heavy atom. The van der Waals surface area contributed by atoms with Gasteiger partial charge in [-0.2, -0.15) is 0 Å². The van der Waals surface area contributed by atoms with E-state index in [4.69, 9.17) is 9.26 Å². The van der Waals surface area contributed by atoms with Gasteiger partial charge >= 0.3 is 0 Å². The number of hydrogen-bond donors (Lipinski definition) is 0. The van der Waals surface area contributed by atoms with Crippen LogP contribution in [0.5, 0.6) is 0 Å². The third-order valence-electron chi connectivity index (χ3n) is 7.27. The van der Waals surface area contributed by atoms with Gasteiger partial charge in [0.2, 0.25) is 0 Å². The molecule has 0 radical (unpaired) electrons. The van der Waals surface area contributed by atoms with Crippen LogP contribution in [0.25, 0.3) is 0 Å². The number of hydrogen-bond acceptors (Lipinski definition) is 5. The SMILES string of the molecule is Cc1noc(C)c1CN1CCC2(CC1)CN(C1CCOC1)Cc1ccccc12. The average molecular weight is 382 g/mol. The smallest absolute Gasteiger partial charge is 0.138 e. The fourth-order valence-corrected chi connectivity index (χ4v) is 5.51. The van der Waals surface area contributed by atoms with Crippen molar-refractivity contribution in [3.63, 3.8) is 0 Å². The predicted molar refractivity (Wildman–Crippen MR) is 108 cm³/mol. The normalized spacial score (nSPS) is 25.3. The van der Waals surface area contributed by atoms with Gasteiger partial charge in [-0.25, -0.2) is 0 Å². The molecule has 3 aliphatic rings. The molecule has 2 fully saturated rings. The molecule has 2 aromatic rings. The number of piperidine rings is 1. The van der Waals surface area contributed by atoms with Crippen LogP contribution in [0.3, 0.4) is 0 Å². The minimum Gasteiger partial charge on any atom is -0.380 e. The monoisotopic (exact) mass is 381 g/mol. The first-order valence-electron chi connectivity index (χ1n) is 10.7. The Hall–Kier alpha value is -1.69. The molecule has 1 atom stereocenters. The number of likely N-dealkylation sites (tertiary alicyclic amines) is 1. The van der Waals surface area contributed by atoms with E-state index in [0.717, 1.165) is 50.8 Å². The molecule has 2 saturated heterocycles. The Kier molecular flexibility index (Phi) is 4.77. The highest BCUT2D eigenvalue weighted by molar-refractivity contribution is 5.38. The molecule has 4 heterocycles. The summed E-state index contributed by atoms with van der Waals surface area (Å²) in [6, 6.07) is 9.75. The van der Waals surface area contributed by atoms with Crippen molar-refractivity contribution in [2.24, 2.45) is 0 Å². The molecule has 5 nitrogen and oxygen atoms in total. The van der Waals surface area contributed by atoms with Crippen LogP contribution in [0, 0.1) is 13.8 Å². The fraction of sp³-hybridized carbons (Fsp3) is 0.609. The lowest BCUT2D eigenvalue weighted by Crippen LogP contribution is -2.54. The minimum atomic E-state index is 0.284. The van der Waals surface area contributed by atoms with Gasteiger partial charge in [-0.05, 0) is 57.3 Å². The second kappa shape index (κ2) is 7.29. The zero-order chi connectivity index (χ0) is 19.1. The second-order valence-electron chi connectivity index (χ2n) is 8.94. The van der Waals surface area contributed by atoms with Crippen LogP contribution in [0.2, 0.25) is 0 Å². The minimum absolute atomic E-state index is 0.284. The highest BCUT2D eigenvalue weighted by Crippen LogP contribution is 2.43. The quantitative estimate of drug-likeness (QED) is 0.815. The van der Waals surface area contributed by atoms with E-state index in [-0.39, 0.29) is 5.41 Å². The number of aromatic nitrogens is 1. The van der Waals surface area contributed by atoms with E-state index in [1.165, 1.54) is 36.9 Å². The average Bonchev–Trinajstić information content (AvgIpc) is 3.36. The summed E-state index contributed by atoms with van der Waals surface area (Å²) in [5.41, 5.74) is 5.71. The summed E-state index contributed by atoms with van der Waals surface area (Å²) in [6.07, 6.45) is 3.62. The Labute approximate surface area is 167 Å². The van der Waals surface area contributed by atoms with E-state index in [1.54, 1.807) is 5.56 Å². The zero-order valence-electron chi connectivity index (χ0n) is 17.1. The second-order valence-corrected chi connectivity index (χ2v) is 8.94. The van der Waals surface area contributed by atoms with E-state index in [1.807, 2.05) is 6.92 Å².